The molecule has 5 fully saturated rings. The topological polar surface area (TPSA) is 86.3 Å². The number of nitrogens with one attached hydrogen (secondary N) is 1. The molecule has 2 bridgehead atoms. The van der Waals surface area contributed by atoms with Crippen LogP contribution in [0.2, 0.25) is 0 Å². The first-order valence-electron chi connectivity index (χ1n) is 14.6. The van der Waals surface area contributed by atoms with Gasteiger partial charge in [-0.15, -0.1) is 0 Å². The minimum Gasteiger partial charge on any atom is -0.449 e. The summed E-state index contributed by atoms with van der Waals surface area (Å²) in [6, 6.07) is 10.3. The summed E-state index contributed by atoms with van der Waals surface area (Å²) in [4.78, 5) is 27.1. The van der Waals surface area contributed by atoms with Crippen LogP contribution >= 0.6 is 0 Å². The predicted molar refractivity (Wildman–Crippen MR) is 149 cm³/mol. The molecule has 0 radical (unpaired) electrons. The molecule has 5 aliphatic rings. The van der Waals surface area contributed by atoms with Gasteiger partial charge in [0.25, 0.3) is 0 Å². The van der Waals surface area contributed by atoms with E-state index in [2.05, 4.69) is 38.2 Å². The standard InChI is InChI=1S/C30H45BN2O6/c1-28(2,3)37-27(35)33-15-14-21(18-33)19-36-26(34)32-25(13-12-20-10-8-7-9-11-20)31-38-24-17-22-16-23(29(22,4)5)30(24,6)39-31/h7-11,21-25H,12-19H2,1-6H3,(H,32,34)/t21-,22-,23-,24+,25-,30-/m0/s1. The molecule has 1 aromatic rings. The van der Waals surface area contributed by atoms with Gasteiger partial charge in [-0.2, -0.15) is 0 Å². The van der Waals surface area contributed by atoms with Gasteiger partial charge in [-0.1, -0.05) is 44.2 Å². The molecule has 3 aliphatic carbocycles. The second-order valence-electron chi connectivity index (χ2n) is 13.8. The van der Waals surface area contributed by atoms with Gasteiger partial charge < -0.3 is 29.0 Å². The van der Waals surface area contributed by atoms with Gasteiger partial charge in [0.2, 0.25) is 0 Å². The molecular weight excluding hydrogens is 495 g/mol. The Kier molecular flexibility index (Phi) is 7.70. The molecule has 9 heteroatoms. The fourth-order valence-corrected chi connectivity index (χ4v) is 7.16. The first-order chi connectivity index (χ1) is 18.3. The molecule has 1 aromatic carbocycles. The van der Waals surface area contributed by atoms with Crippen molar-refractivity contribution >= 4 is 19.3 Å². The molecule has 39 heavy (non-hydrogen) atoms. The van der Waals surface area contributed by atoms with Gasteiger partial charge in [-0.05, 0) is 82.6 Å². The van der Waals surface area contributed by atoms with E-state index in [1.165, 1.54) is 12.0 Å². The van der Waals surface area contributed by atoms with Crippen molar-refractivity contribution in [3.8, 4) is 0 Å². The molecule has 8 nitrogen and oxygen atoms in total. The van der Waals surface area contributed by atoms with E-state index in [1.807, 2.05) is 39.0 Å². The number of likely N-dealkylation sites (tertiary alicyclic amines) is 1. The van der Waals surface area contributed by atoms with Crippen LogP contribution in [0, 0.1) is 23.2 Å². The number of carbonyl (C=O) groups excluding carboxylic acids is 2. The lowest BCUT2D eigenvalue weighted by atomic mass is 9.43. The molecule has 2 amide bonds. The molecule has 1 N–H and O–H groups in total. The predicted octanol–water partition coefficient (Wildman–Crippen LogP) is 5.24. The number of hydrogen-bond donors (Lipinski definition) is 1. The van der Waals surface area contributed by atoms with Gasteiger partial charge in [0, 0.05) is 19.0 Å². The highest BCUT2D eigenvalue weighted by atomic mass is 16.7. The Labute approximate surface area is 233 Å². The molecule has 2 aliphatic heterocycles. The van der Waals surface area contributed by atoms with Gasteiger partial charge in [-0.3, -0.25) is 0 Å². The third kappa shape index (κ3) is 5.94. The molecule has 0 spiro atoms. The number of nitrogens with zero attached hydrogens (tertiary/aromatic N) is 1. The Bertz CT molecular complexity index is 1050. The van der Waals surface area contributed by atoms with Gasteiger partial charge in [0.15, 0.2) is 0 Å². The number of amides is 2. The van der Waals surface area contributed by atoms with Gasteiger partial charge in [0.05, 0.1) is 24.3 Å². The van der Waals surface area contributed by atoms with Crippen molar-refractivity contribution in [1.82, 2.24) is 10.2 Å². The van der Waals surface area contributed by atoms with E-state index in [-0.39, 0.29) is 41.7 Å². The monoisotopic (exact) mass is 540 g/mol. The third-order valence-electron chi connectivity index (χ3n) is 9.58. The zero-order chi connectivity index (χ0) is 28.0. The van der Waals surface area contributed by atoms with Crippen molar-refractivity contribution in [3.05, 3.63) is 35.9 Å². The van der Waals surface area contributed by atoms with Crippen molar-refractivity contribution in [2.45, 2.75) is 96.9 Å². The number of alkyl carbamates (subject to hydrolysis) is 1. The summed E-state index contributed by atoms with van der Waals surface area (Å²) < 4.78 is 24.4. The van der Waals surface area contributed by atoms with E-state index in [0.717, 1.165) is 19.3 Å². The maximum atomic E-state index is 13.0. The van der Waals surface area contributed by atoms with Crippen LogP contribution in [0.5, 0.6) is 0 Å². The van der Waals surface area contributed by atoms with E-state index < -0.39 is 18.8 Å². The second kappa shape index (κ2) is 10.6. The number of ether oxygens (including phenoxy) is 2. The van der Waals surface area contributed by atoms with E-state index in [0.29, 0.717) is 31.3 Å². The SMILES string of the molecule is CC(C)(C)OC(=O)N1CC[C@H](COC(=O)N[C@@H](CCc2ccccc2)B2O[C@@H]3C[C@@H]4C[C@@H](C4(C)C)[C@]3(C)O2)C1. The smallest absolute Gasteiger partial charge is 0.449 e. The fourth-order valence-electron chi connectivity index (χ4n) is 7.16. The first kappa shape index (κ1) is 28.3. The molecule has 0 aromatic heterocycles. The van der Waals surface area contributed by atoms with E-state index in [9.17, 15) is 9.59 Å². The van der Waals surface area contributed by atoms with E-state index >= 15 is 0 Å². The lowest BCUT2D eigenvalue weighted by Gasteiger charge is -2.64. The molecule has 6 rings (SSSR count). The molecule has 2 saturated heterocycles. The second-order valence-corrected chi connectivity index (χ2v) is 13.8. The van der Waals surface area contributed by atoms with Gasteiger partial charge in [-0.25, -0.2) is 9.59 Å². The average molecular weight is 541 g/mol. The van der Waals surface area contributed by atoms with Crippen LogP contribution in [-0.2, 0) is 25.2 Å². The van der Waals surface area contributed by atoms with Crippen LogP contribution in [0.4, 0.5) is 9.59 Å². The van der Waals surface area contributed by atoms with E-state index in [1.54, 1.807) is 4.90 Å². The Morgan fingerprint density at radius 3 is 2.62 bits per heavy atom. The van der Waals surface area contributed by atoms with Crippen molar-refractivity contribution < 1.29 is 28.4 Å². The average Bonchev–Trinajstić information content (AvgIpc) is 3.49. The van der Waals surface area contributed by atoms with Crippen molar-refractivity contribution in [3.63, 3.8) is 0 Å². The fraction of sp³-hybridized carbons (Fsp3) is 0.733. The zero-order valence-electron chi connectivity index (χ0n) is 24.4. The third-order valence-corrected chi connectivity index (χ3v) is 9.58. The normalized spacial score (nSPS) is 31.7. The van der Waals surface area contributed by atoms with Gasteiger partial charge in [0.1, 0.15) is 5.60 Å². The van der Waals surface area contributed by atoms with Crippen LogP contribution in [0.15, 0.2) is 30.3 Å². The number of carbonyl (C=O) groups is 2. The summed E-state index contributed by atoms with van der Waals surface area (Å²) in [6.45, 7) is 13.8. The Balaban J connectivity index is 1.18. The van der Waals surface area contributed by atoms with Crippen LogP contribution in [-0.4, -0.2) is 67.1 Å². The largest absolute Gasteiger partial charge is 0.481 e. The maximum absolute atomic E-state index is 13.0. The highest BCUT2D eigenvalue weighted by Crippen LogP contribution is 2.65. The van der Waals surface area contributed by atoms with E-state index in [4.69, 9.17) is 18.8 Å². The Morgan fingerprint density at radius 1 is 1.18 bits per heavy atom. The quantitative estimate of drug-likeness (QED) is 0.477. The molecule has 214 valence electrons. The minimum atomic E-state index is -0.532. The number of rotatable bonds is 7. The number of aryl methyl sites for hydroxylation is 1. The Morgan fingerprint density at radius 2 is 1.92 bits per heavy atom. The van der Waals surface area contributed by atoms with Crippen LogP contribution in [0.25, 0.3) is 0 Å². The summed E-state index contributed by atoms with van der Waals surface area (Å²) in [7, 11) is -0.513. The Hall–Kier alpha value is -2.26. The summed E-state index contributed by atoms with van der Waals surface area (Å²) in [5, 5.41) is 3.08. The lowest BCUT2D eigenvalue weighted by Crippen LogP contribution is -2.65. The van der Waals surface area contributed by atoms with Gasteiger partial charge >= 0.3 is 19.3 Å². The highest BCUT2D eigenvalue weighted by Gasteiger charge is 2.68. The number of benzene rings is 1. The summed E-state index contributed by atoms with van der Waals surface area (Å²) >= 11 is 0. The first-order valence-corrected chi connectivity index (χ1v) is 14.6. The summed E-state index contributed by atoms with van der Waals surface area (Å²) in [5.41, 5.74) is 0.587. The molecule has 6 atom stereocenters. The number of hydrogen-bond acceptors (Lipinski definition) is 6. The minimum absolute atomic E-state index is 0.0497. The molecule has 2 heterocycles. The summed E-state index contributed by atoms with van der Waals surface area (Å²) in [5.74, 6) is 0.870. The van der Waals surface area contributed by atoms with Crippen LogP contribution < -0.4 is 5.32 Å². The lowest BCUT2D eigenvalue weighted by molar-refractivity contribution is -0.199. The molecule has 3 saturated carbocycles. The van der Waals surface area contributed by atoms with Crippen molar-refractivity contribution in [2.75, 3.05) is 19.7 Å². The highest BCUT2D eigenvalue weighted by molar-refractivity contribution is 6.47. The van der Waals surface area contributed by atoms with Crippen molar-refractivity contribution in [2.24, 2.45) is 23.2 Å². The molecule has 0 unspecified atom stereocenters. The maximum Gasteiger partial charge on any atom is 0.481 e. The summed E-state index contributed by atoms with van der Waals surface area (Å²) in [6.07, 6.45) is 3.69. The zero-order valence-corrected chi connectivity index (χ0v) is 24.4. The van der Waals surface area contributed by atoms with Crippen LogP contribution in [0.3, 0.4) is 0 Å². The molecular formula is C30H45BN2O6. The van der Waals surface area contributed by atoms with Crippen LogP contribution in [0.1, 0.15) is 72.8 Å². The van der Waals surface area contributed by atoms with Crippen molar-refractivity contribution in [1.29, 1.82) is 0 Å².